The highest BCUT2D eigenvalue weighted by Crippen LogP contribution is 2.36. The van der Waals surface area contributed by atoms with Crippen LogP contribution in [-0.2, 0) is 6.54 Å². The molecule has 2 amide bonds. The maximum absolute atomic E-state index is 13.3. The molecule has 0 radical (unpaired) electrons. The van der Waals surface area contributed by atoms with Crippen molar-refractivity contribution in [3.8, 4) is 28.3 Å². The highest BCUT2D eigenvalue weighted by atomic mass is 19.1. The Balaban J connectivity index is 1.37. The summed E-state index contributed by atoms with van der Waals surface area (Å²) in [6, 6.07) is 22.8. The number of benzene rings is 3. The van der Waals surface area contributed by atoms with Crippen LogP contribution in [-0.4, -0.2) is 35.5 Å². The fourth-order valence-corrected chi connectivity index (χ4v) is 4.68. The Labute approximate surface area is 223 Å². The number of aromatic nitrogens is 1. The van der Waals surface area contributed by atoms with Crippen LogP contribution in [0.5, 0.6) is 5.75 Å². The summed E-state index contributed by atoms with van der Waals surface area (Å²) < 4.78 is 25.2. The highest BCUT2D eigenvalue weighted by molar-refractivity contribution is 6.11. The lowest BCUT2D eigenvalue weighted by Gasteiger charge is -2.28. The molecule has 2 aromatic heterocycles. The predicted octanol–water partition coefficient (Wildman–Crippen LogP) is 5.96. The van der Waals surface area contributed by atoms with Gasteiger partial charge in [-0.25, -0.2) is 9.37 Å². The lowest BCUT2D eigenvalue weighted by Crippen LogP contribution is -2.38. The number of fused-ring (bicyclic) bond motifs is 2. The molecule has 1 aliphatic rings. The van der Waals surface area contributed by atoms with Gasteiger partial charge in [-0.05, 0) is 55.0 Å². The number of nitrogens with zero attached hydrogens (tertiary/aromatic N) is 2. The van der Waals surface area contributed by atoms with Gasteiger partial charge in [0.15, 0.2) is 18.2 Å². The molecule has 1 N–H and O–H groups in total. The van der Waals surface area contributed by atoms with Crippen molar-refractivity contribution < 1.29 is 23.1 Å². The number of aryl methyl sites for hydroxylation is 1. The van der Waals surface area contributed by atoms with Gasteiger partial charge in [-0.15, -0.1) is 0 Å². The van der Waals surface area contributed by atoms with Crippen molar-refractivity contribution in [1.29, 1.82) is 0 Å². The van der Waals surface area contributed by atoms with E-state index >= 15 is 0 Å². The Bertz CT molecular complexity index is 1730. The van der Waals surface area contributed by atoms with Crippen LogP contribution in [0, 0.1) is 12.7 Å². The number of nitrogens with one attached hydrogen (secondary N) is 1. The molecule has 3 heterocycles. The predicted molar refractivity (Wildman–Crippen MR) is 145 cm³/mol. The van der Waals surface area contributed by atoms with Crippen molar-refractivity contribution in [3.05, 3.63) is 107 Å². The quantitative estimate of drug-likeness (QED) is 0.309. The third-order valence-corrected chi connectivity index (χ3v) is 6.76. The number of furan rings is 1. The minimum absolute atomic E-state index is 0.0719. The summed E-state index contributed by atoms with van der Waals surface area (Å²) in [5, 5.41) is 3.35. The van der Waals surface area contributed by atoms with Crippen LogP contribution in [0.1, 0.15) is 32.0 Å². The van der Waals surface area contributed by atoms with E-state index in [1.54, 1.807) is 37.4 Å². The number of halogens is 1. The highest BCUT2D eigenvalue weighted by Gasteiger charge is 2.28. The molecular weight excluding hydrogens is 497 g/mol. The second-order valence-corrected chi connectivity index (χ2v) is 9.41. The molecule has 0 saturated heterocycles. The standard InChI is InChI=1S/C31H24FN3O4/c1-18-3-7-20(8-4-18)29-27(30(36)33-2)23-15-21(9-13-25(23)39-29)24-12-14-26-28(34-24)31(37)35(17-38-26)16-19-5-10-22(32)11-6-19/h3-15H,16-17H2,1-2H3,(H,33,36). The Morgan fingerprint density at radius 1 is 1.00 bits per heavy atom. The third-order valence-electron chi connectivity index (χ3n) is 6.76. The van der Waals surface area contributed by atoms with Crippen LogP contribution in [0.3, 0.4) is 0 Å². The summed E-state index contributed by atoms with van der Waals surface area (Å²) in [5.74, 6) is 0.00676. The zero-order valence-electron chi connectivity index (χ0n) is 21.3. The van der Waals surface area contributed by atoms with E-state index < -0.39 is 0 Å². The fourth-order valence-electron chi connectivity index (χ4n) is 4.68. The van der Waals surface area contributed by atoms with Crippen LogP contribution in [0.4, 0.5) is 4.39 Å². The maximum atomic E-state index is 13.3. The van der Waals surface area contributed by atoms with E-state index in [9.17, 15) is 14.0 Å². The molecule has 0 spiro atoms. The number of hydrogen-bond acceptors (Lipinski definition) is 5. The zero-order valence-corrected chi connectivity index (χ0v) is 21.3. The molecule has 6 rings (SSSR count). The minimum Gasteiger partial charge on any atom is -0.471 e. The Hall–Kier alpha value is -4.98. The zero-order chi connectivity index (χ0) is 27.1. The topological polar surface area (TPSA) is 84.7 Å². The van der Waals surface area contributed by atoms with Gasteiger partial charge < -0.3 is 14.5 Å². The van der Waals surface area contributed by atoms with Crippen molar-refractivity contribution in [1.82, 2.24) is 15.2 Å². The summed E-state index contributed by atoms with van der Waals surface area (Å²) in [7, 11) is 1.58. The Morgan fingerprint density at radius 3 is 2.49 bits per heavy atom. The number of hydrogen-bond donors (Lipinski definition) is 1. The molecule has 0 atom stereocenters. The summed E-state index contributed by atoms with van der Waals surface area (Å²) in [6.45, 7) is 2.34. The first-order valence-electron chi connectivity index (χ1n) is 12.4. The number of carbonyl (C=O) groups excluding carboxylic acids is 2. The summed E-state index contributed by atoms with van der Waals surface area (Å²) in [6.07, 6.45) is 0. The average Bonchev–Trinajstić information content (AvgIpc) is 3.34. The molecule has 0 aliphatic carbocycles. The average molecular weight is 522 g/mol. The van der Waals surface area contributed by atoms with E-state index in [0.717, 1.165) is 22.3 Å². The van der Waals surface area contributed by atoms with Crippen LogP contribution in [0.15, 0.2) is 83.3 Å². The minimum atomic E-state index is -0.336. The number of rotatable bonds is 5. The van der Waals surface area contributed by atoms with E-state index in [1.165, 1.54) is 17.0 Å². The van der Waals surface area contributed by atoms with Gasteiger partial charge >= 0.3 is 0 Å². The van der Waals surface area contributed by atoms with E-state index in [-0.39, 0.29) is 36.6 Å². The monoisotopic (exact) mass is 521 g/mol. The molecule has 0 bridgehead atoms. The molecule has 5 aromatic rings. The first-order chi connectivity index (χ1) is 18.9. The van der Waals surface area contributed by atoms with Crippen LogP contribution >= 0.6 is 0 Å². The van der Waals surface area contributed by atoms with Crippen molar-refractivity contribution in [2.45, 2.75) is 13.5 Å². The summed E-state index contributed by atoms with van der Waals surface area (Å²) in [4.78, 5) is 32.4. The maximum Gasteiger partial charge on any atom is 0.279 e. The summed E-state index contributed by atoms with van der Waals surface area (Å²) in [5.41, 5.74) is 5.15. The molecule has 0 unspecified atom stereocenters. The summed E-state index contributed by atoms with van der Waals surface area (Å²) >= 11 is 0. The van der Waals surface area contributed by atoms with Gasteiger partial charge in [0.05, 0.1) is 11.3 Å². The molecule has 3 aromatic carbocycles. The van der Waals surface area contributed by atoms with Gasteiger partial charge in [0.2, 0.25) is 0 Å². The molecular formula is C31H24FN3O4. The van der Waals surface area contributed by atoms with E-state index in [0.29, 0.717) is 33.7 Å². The smallest absolute Gasteiger partial charge is 0.279 e. The van der Waals surface area contributed by atoms with Crippen LogP contribution in [0.2, 0.25) is 0 Å². The Morgan fingerprint density at radius 2 is 1.74 bits per heavy atom. The van der Waals surface area contributed by atoms with Crippen molar-refractivity contribution in [2.75, 3.05) is 13.8 Å². The van der Waals surface area contributed by atoms with Crippen molar-refractivity contribution in [2.24, 2.45) is 0 Å². The second kappa shape index (κ2) is 9.72. The van der Waals surface area contributed by atoms with Gasteiger partial charge in [-0.3, -0.25) is 14.5 Å². The van der Waals surface area contributed by atoms with Crippen molar-refractivity contribution in [3.63, 3.8) is 0 Å². The number of amides is 2. The largest absolute Gasteiger partial charge is 0.471 e. The van der Waals surface area contributed by atoms with Gasteiger partial charge in [0.25, 0.3) is 11.8 Å². The third kappa shape index (κ3) is 4.50. The molecule has 194 valence electrons. The van der Waals surface area contributed by atoms with E-state index in [2.05, 4.69) is 10.3 Å². The first kappa shape index (κ1) is 24.4. The molecule has 39 heavy (non-hydrogen) atoms. The fraction of sp³-hybridized carbons (Fsp3) is 0.129. The van der Waals surface area contributed by atoms with E-state index in [1.807, 2.05) is 43.3 Å². The lowest BCUT2D eigenvalue weighted by molar-refractivity contribution is 0.0488. The molecule has 7 nitrogen and oxygen atoms in total. The van der Waals surface area contributed by atoms with E-state index in [4.69, 9.17) is 9.15 Å². The molecule has 0 fully saturated rings. The first-order valence-corrected chi connectivity index (χ1v) is 12.4. The number of carbonyl (C=O) groups is 2. The van der Waals surface area contributed by atoms with Crippen molar-refractivity contribution >= 4 is 22.8 Å². The van der Waals surface area contributed by atoms with Crippen LogP contribution in [0.25, 0.3) is 33.6 Å². The number of pyridine rings is 1. The van der Waals surface area contributed by atoms with Gasteiger partial charge in [-0.1, -0.05) is 42.0 Å². The molecule has 1 aliphatic heterocycles. The molecule has 0 saturated carbocycles. The van der Waals surface area contributed by atoms with Gasteiger partial charge in [-0.2, -0.15) is 0 Å². The number of ether oxygens (including phenoxy) is 1. The second-order valence-electron chi connectivity index (χ2n) is 9.41. The van der Waals surface area contributed by atoms with Gasteiger partial charge in [0, 0.05) is 30.1 Å². The van der Waals surface area contributed by atoms with Gasteiger partial charge in [0.1, 0.15) is 17.2 Å². The Kier molecular flexibility index (Phi) is 6.07. The normalized spacial score (nSPS) is 12.8. The SMILES string of the molecule is CNC(=O)c1c(-c2ccc(C)cc2)oc2ccc(-c3ccc4c(n3)C(=O)N(Cc3ccc(F)cc3)CO4)cc12. The van der Waals surface area contributed by atoms with Crippen LogP contribution < -0.4 is 10.1 Å². The molecule has 8 heteroatoms. The lowest BCUT2D eigenvalue weighted by atomic mass is 10.0.